The Bertz CT molecular complexity index is 471. The lowest BCUT2D eigenvalue weighted by Gasteiger charge is -2.31. The van der Waals surface area contributed by atoms with Crippen molar-refractivity contribution >= 4 is 5.69 Å². The SMILES string of the molecule is COCC1=CCN(c2cccc(F)c2[C@@H](C)N)CC1. The highest BCUT2D eigenvalue weighted by molar-refractivity contribution is 5.56. The van der Waals surface area contributed by atoms with Gasteiger partial charge in [0, 0.05) is 37.5 Å². The van der Waals surface area contributed by atoms with Crippen molar-refractivity contribution in [1.29, 1.82) is 0 Å². The first kappa shape index (κ1) is 14.0. The van der Waals surface area contributed by atoms with E-state index in [1.54, 1.807) is 13.2 Å². The van der Waals surface area contributed by atoms with Crippen LogP contribution in [0.3, 0.4) is 0 Å². The molecule has 1 heterocycles. The van der Waals surface area contributed by atoms with Gasteiger partial charge < -0.3 is 15.4 Å². The maximum Gasteiger partial charge on any atom is 0.130 e. The van der Waals surface area contributed by atoms with Crippen LogP contribution < -0.4 is 10.6 Å². The van der Waals surface area contributed by atoms with Gasteiger partial charge >= 0.3 is 0 Å². The van der Waals surface area contributed by atoms with Gasteiger partial charge in [-0.05, 0) is 31.1 Å². The number of benzene rings is 1. The molecule has 0 radical (unpaired) electrons. The molecule has 0 aliphatic carbocycles. The number of rotatable bonds is 4. The van der Waals surface area contributed by atoms with Crippen molar-refractivity contribution in [2.24, 2.45) is 5.73 Å². The Morgan fingerprint density at radius 2 is 2.26 bits per heavy atom. The highest BCUT2D eigenvalue weighted by atomic mass is 19.1. The summed E-state index contributed by atoms with van der Waals surface area (Å²) >= 11 is 0. The first-order valence-corrected chi connectivity index (χ1v) is 6.59. The molecule has 19 heavy (non-hydrogen) atoms. The van der Waals surface area contributed by atoms with Crippen molar-refractivity contribution in [3.63, 3.8) is 0 Å². The number of nitrogens with two attached hydrogens (primary N) is 1. The van der Waals surface area contributed by atoms with Crippen LogP contribution in [0.5, 0.6) is 0 Å². The van der Waals surface area contributed by atoms with Gasteiger partial charge in [0.05, 0.1) is 6.61 Å². The fourth-order valence-electron chi connectivity index (χ4n) is 2.50. The van der Waals surface area contributed by atoms with Crippen LogP contribution in [0.2, 0.25) is 0 Å². The number of halogens is 1. The zero-order valence-electron chi connectivity index (χ0n) is 11.5. The predicted molar refractivity (Wildman–Crippen MR) is 75.8 cm³/mol. The molecule has 0 bridgehead atoms. The third-order valence-electron chi connectivity index (χ3n) is 3.46. The molecule has 0 amide bonds. The van der Waals surface area contributed by atoms with Crippen LogP contribution in [0.1, 0.15) is 24.9 Å². The van der Waals surface area contributed by atoms with Gasteiger partial charge in [-0.3, -0.25) is 0 Å². The Balaban J connectivity index is 2.22. The molecule has 1 aromatic carbocycles. The second kappa shape index (κ2) is 6.17. The average molecular weight is 264 g/mol. The van der Waals surface area contributed by atoms with Crippen molar-refractivity contribution in [2.75, 3.05) is 31.7 Å². The van der Waals surface area contributed by atoms with Crippen LogP contribution in [-0.4, -0.2) is 26.8 Å². The molecule has 0 aromatic heterocycles. The van der Waals surface area contributed by atoms with Crippen LogP contribution in [0.4, 0.5) is 10.1 Å². The summed E-state index contributed by atoms with van der Waals surface area (Å²) in [5.74, 6) is -0.223. The van der Waals surface area contributed by atoms with E-state index in [9.17, 15) is 4.39 Å². The largest absolute Gasteiger partial charge is 0.380 e. The molecule has 1 aromatic rings. The van der Waals surface area contributed by atoms with Crippen molar-refractivity contribution in [3.05, 3.63) is 41.2 Å². The molecule has 2 N–H and O–H groups in total. The average Bonchev–Trinajstić information content (AvgIpc) is 2.39. The van der Waals surface area contributed by atoms with Crippen LogP contribution in [0.15, 0.2) is 29.8 Å². The smallest absolute Gasteiger partial charge is 0.130 e. The third-order valence-corrected chi connectivity index (χ3v) is 3.46. The summed E-state index contributed by atoms with van der Waals surface area (Å²) in [6.07, 6.45) is 3.10. The number of nitrogens with zero attached hydrogens (tertiary/aromatic N) is 1. The molecule has 0 saturated heterocycles. The summed E-state index contributed by atoms with van der Waals surface area (Å²) in [4.78, 5) is 2.17. The van der Waals surface area contributed by atoms with E-state index in [1.165, 1.54) is 11.6 Å². The van der Waals surface area contributed by atoms with E-state index in [-0.39, 0.29) is 11.9 Å². The molecule has 2 rings (SSSR count). The summed E-state index contributed by atoms with van der Waals surface area (Å²) in [5, 5.41) is 0. The van der Waals surface area contributed by atoms with E-state index in [1.807, 2.05) is 13.0 Å². The monoisotopic (exact) mass is 264 g/mol. The Morgan fingerprint density at radius 1 is 1.47 bits per heavy atom. The zero-order valence-corrected chi connectivity index (χ0v) is 11.5. The number of methoxy groups -OCH3 is 1. The topological polar surface area (TPSA) is 38.5 Å². The van der Waals surface area contributed by atoms with Gasteiger partial charge in [-0.2, -0.15) is 0 Å². The van der Waals surface area contributed by atoms with Crippen molar-refractivity contribution in [3.8, 4) is 0 Å². The zero-order chi connectivity index (χ0) is 13.8. The molecule has 3 nitrogen and oxygen atoms in total. The van der Waals surface area contributed by atoms with Crippen LogP contribution in [0, 0.1) is 5.82 Å². The van der Waals surface area contributed by atoms with Gasteiger partial charge in [-0.25, -0.2) is 4.39 Å². The molecule has 1 atom stereocenters. The lowest BCUT2D eigenvalue weighted by atomic mass is 10.0. The van der Waals surface area contributed by atoms with Crippen LogP contribution >= 0.6 is 0 Å². The summed E-state index contributed by atoms with van der Waals surface area (Å²) < 4.78 is 19.0. The van der Waals surface area contributed by atoms with E-state index in [2.05, 4.69) is 11.0 Å². The van der Waals surface area contributed by atoms with Gasteiger partial charge in [0.2, 0.25) is 0 Å². The lowest BCUT2D eigenvalue weighted by Crippen LogP contribution is -2.31. The van der Waals surface area contributed by atoms with Crippen LogP contribution in [-0.2, 0) is 4.74 Å². The summed E-state index contributed by atoms with van der Waals surface area (Å²) in [7, 11) is 1.70. The predicted octanol–water partition coefficient (Wildman–Crippen LogP) is 2.63. The summed E-state index contributed by atoms with van der Waals surface area (Å²) in [5.41, 5.74) is 8.71. The van der Waals surface area contributed by atoms with Gasteiger partial charge in [0.25, 0.3) is 0 Å². The molecule has 1 aliphatic rings. The van der Waals surface area contributed by atoms with Crippen LogP contribution in [0.25, 0.3) is 0 Å². The molecule has 4 heteroatoms. The second-order valence-corrected chi connectivity index (χ2v) is 4.95. The minimum Gasteiger partial charge on any atom is -0.380 e. The first-order chi connectivity index (χ1) is 9.13. The Hall–Kier alpha value is -1.39. The van der Waals surface area contributed by atoms with Crippen molar-refractivity contribution in [1.82, 2.24) is 0 Å². The summed E-state index contributed by atoms with van der Waals surface area (Å²) in [6, 6.07) is 4.85. The Kier molecular flexibility index (Phi) is 4.56. The fraction of sp³-hybridized carbons (Fsp3) is 0.467. The number of hydrogen-bond donors (Lipinski definition) is 1. The minimum absolute atomic E-state index is 0.223. The Morgan fingerprint density at radius 3 is 2.84 bits per heavy atom. The third kappa shape index (κ3) is 3.14. The number of anilines is 1. The molecular formula is C15H21FN2O. The highest BCUT2D eigenvalue weighted by Crippen LogP contribution is 2.29. The Labute approximate surface area is 113 Å². The van der Waals surface area contributed by atoms with Gasteiger partial charge in [-0.1, -0.05) is 12.1 Å². The standard InChI is InChI=1S/C15H21FN2O/c1-11(17)15-13(16)4-3-5-14(15)18-8-6-12(7-9-18)10-19-2/h3-6,11H,7-10,17H2,1-2H3/t11-/m1/s1. The number of ether oxygens (including phenoxy) is 1. The molecular weight excluding hydrogens is 243 g/mol. The second-order valence-electron chi connectivity index (χ2n) is 4.95. The molecule has 1 aliphatic heterocycles. The summed E-state index contributed by atoms with van der Waals surface area (Å²) in [6.45, 7) is 4.15. The van der Waals surface area contributed by atoms with Crippen molar-refractivity contribution < 1.29 is 9.13 Å². The lowest BCUT2D eigenvalue weighted by molar-refractivity contribution is 0.222. The van der Waals surface area contributed by atoms with Gasteiger partial charge in [0.15, 0.2) is 0 Å². The first-order valence-electron chi connectivity index (χ1n) is 6.59. The quantitative estimate of drug-likeness (QED) is 0.850. The van der Waals surface area contributed by atoms with E-state index in [0.717, 1.165) is 25.2 Å². The maximum atomic E-state index is 13.9. The molecule has 0 saturated carbocycles. The normalized spacial score (nSPS) is 17.3. The maximum absolute atomic E-state index is 13.9. The van der Waals surface area contributed by atoms with E-state index in [0.29, 0.717) is 12.2 Å². The highest BCUT2D eigenvalue weighted by Gasteiger charge is 2.19. The van der Waals surface area contributed by atoms with E-state index < -0.39 is 0 Å². The molecule has 0 unspecified atom stereocenters. The van der Waals surface area contributed by atoms with E-state index >= 15 is 0 Å². The van der Waals surface area contributed by atoms with Crippen molar-refractivity contribution in [2.45, 2.75) is 19.4 Å². The molecule has 104 valence electrons. The minimum atomic E-state index is -0.305. The number of hydrogen-bond acceptors (Lipinski definition) is 3. The van der Waals surface area contributed by atoms with Gasteiger partial charge in [0.1, 0.15) is 5.82 Å². The molecule has 0 fully saturated rings. The molecule has 0 spiro atoms. The fourth-order valence-corrected chi connectivity index (χ4v) is 2.50. The van der Waals surface area contributed by atoms with Gasteiger partial charge in [-0.15, -0.1) is 0 Å². The van der Waals surface area contributed by atoms with E-state index in [4.69, 9.17) is 10.5 Å².